The number of fused-ring (bicyclic) bond motifs is 1. The van der Waals surface area contributed by atoms with Gasteiger partial charge in [0.2, 0.25) is 5.82 Å². The van der Waals surface area contributed by atoms with Crippen molar-refractivity contribution in [1.82, 2.24) is 25.6 Å². The van der Waals surface area contributed by atoms with E-state index in [-0.39, 0.29) is 0 Å². The maximum atomic E-state index is 5.35. The first-order chi connectivity index (χ1) is 10.3. The molecule has 0 aliphatic rings. The normalized spacial score (nSPS) is 11.1. The second-order valence-electron chi connectivity index (χ2n) is 4.45. The number of H-pyrrole nitrogens is 1. The lowest BCUT2D eigenvalue weighted by atomic mass is 10.2. The van der Waals surface area contributed by atoms with Crippen LogP contribution in [-0.2, 0) is 0 Å². The molecule has 0 bridgehead atoms. The molecule has 102 valence electrons. The van der Waals surface area contributed by atoms with Gasteiger partial charge in [0.1, 0.15) is 5.52 Å². The maximum Gasteiger partial charge on any atom is 0.258 e. The molecular formula is C14H8BrN5O. The van der Waals surface area contributed by atoms with Crippen molar-refractivity contribution >= 4 is 27.0 Å². The smallest absolute Gasteiger partial charge is 0.258 e. The number of aromatic nitrogens is 5. The van der Waals surface area contributed by atoms with Crippen LogP contribution in [0.4, 0.5) is 0 Å². The Morgan fingerprint density at radius 3 is 2.90 bits per heavy atom. The van der Waals surface area contributed by atoms with Crippen LogP contribution >= 0.6 is 15.9 Å². The molecular weight excluding hydrogens is 334 g/mol. The summed E-state index contributed by atoms with van der Waals surface area (Å²) in [6.45, 7) is 0. The Labute approximate surface area is 127 Å². The van der Waals surface area contributed by atoms with Crippen LogP contribution in [0.2, 0.25) is 0 Å². The number of nitrogens with zero attached hydrogens (tertiary/aromatic N) is 4. The van der Waals surface area contributed by atoms with E-state index in [0.29, 0.717) is 11.7 Å². The average Bonchev–Trinajstić information content (AvgIpc) is 3.16. The first kappa shape index (κ1) is 12.2. The molecule has 0 atom stereocenters. The van der Waals surface area contributed by atoms with Crippen LogP contribution in [0.5, 0.6) is 0 Å². The predicted octanol–water partition coefficient (Wildman–Crippen LogP) is 3.44. The molecule has 0 saturated carbocycles. The van der Waals surface area contributed by atoms with Crippen LogP contribution in [0.25, 0.3) is 33.9 Å². The number of nitrogens with one attached hydrogen (secondary N) is 1. The lowest BCUT2D eigenvalue weighted by molar-refractivity contribution is 0.432. The van der Waals surface area contributed by atoms with Crippen molar-refractivity contribution in [1.29, 1.82) is 0 Å². The van der Waals surface area contributed by atoms with Crippen LogP contribution in [-0.4, -0.2) is 25.6 Å². The summed E-state index contributed by atoms with van der Waals surface area (Å²) in [6.07, 6.45) is 0. The van der Waals surface area contributed by atoms with E-state index in [1.807, 2.05) is 42.5 Å². The molecule has 1 N–H and O–H groups in total. The molecule has 6 nitrogen and oxygen atoms in total. The highest BCUT2D eigenvalue weighted by atomic mass is 79.9. The summed E-state index contributed by atoms with van der Waals surface area (Å²) in [5.74, 6) is 0.989. The van der Waals surface area contributed by atoms with Crippen molar-refractivity contribution in [2.24, 2.45) is 0 Å². The Morgan fingerprint density at radius 2 is 2.00 bits per heavy atom. The standard InChI is InChI=1S/C14H8BrN5O/c15-10-4-2-1-3-9(10)13-16-14(21-19-13)8-5-6-11-12(7-8)18-20-17-11/h1-7H,(H,17,18,20). The topological polar surface area (TPSA) is 80.5 Å². The van der Waals surface area contributed by atoms with E-state index in [9.17, 15) is 0 Å². The van der Waals surface area contributed by atoms with Gasteiger partial charge < -0.3 is 4.52 Å². The highest BCUT2D eigenvalue weighted by Gasteiger charge is 2.13. The summed E-state index contributed by atoms with van der Waals surface area (Å²) >= 11 is 3.48. The number of aromatic amines is 1. The maximum absolute atomic E-state index is 5.35. The molecule has 0 unspecified atom stereocenters. The molecule has 0 aliphatic heterocycles. The highest BCUT2D eigenvalue weighted by Crippen LogP contribution is 2.28. The summed E-state index contributed by atoms with van der Waals surface area (Å²) in [4.78, 5) is 4.44. The van der Waals surface area contributed by atoms with Crippen LogP contribution in [0.1, 0.15) is 0 Å². The van der Waals surface area contributed by atoms with E-state index in [4.69, 9.17) is 4.52 Å². The van der Waals surface area contributed by atoms with Gasteiger partial charge >= 0.3 is 0 Å². The lowest BCUT2D eigenvalue weighted by Gasteiger charge is -1.96. The molecule has 0 spiro atoms. The fourth-order valence-electron chi connectivity index (χ4n) is 2.07. The van der Waals surface area contributed by atoms with Crippen molar-refractivity contribution in [3.05, 3.63) is 46.9 Å². The monoisotopic (exact) mass is 341 g/mol. The van der Waals surface area contributed by atoms with Crippen molar-refractivity contribution in [3.63, 3.8) is 0 Å². The van der Waals surface area contributed by atoms with Crippen molar-refractivity contribution in [2.45, 2.75) is 0 Å². The van der Waals surface area contributed by atoms with Gasteiger partial charge in [-0.2, -0.15) is 4.98 Å². The van der Waals surface area contributed by atoms with Gasteiger partial charge in [0.25, 0.3) is 5.89 Å². The zero-order valence-electron chi connectivity index (χ0n) is 10.6. The zero-order valence-corrected chi connectivity index (χ0v) is 12.2. The van der Waals surface area contributed by atoms with E-state index in [1.54, 1.807) is 0 Å². The molecule has 4 rings (SSSR count). The van der Waals surface area contributed by atoms with Gasteiger partial charge in [0, 0.05) is 15.6 Å². The van der Waals surface area contributed by atoms with Gasteiger partial charge in [-0.1, -0.05) is 38.4 Å². The molecule has 0 saturated heterocycles. The quantitative estimate of drug-likeness (QED) is 0.604. The Hall–Kier alpha value is -2.54. The van der Waals surface area contributed by atoms with Crippen molar-refractivity contribution in [2.75, 3.05) is 0 Å². The fraction of sp³-hybridized carbons (Fsp3) is 0. The third kappa shape index (κ3) is 2.11. The number of benzene rings is 2. The SMILES string of the molecule is Brc1ccccc1-c1noc(-c2ccc3[nH]nnc3c2)n1. The van der Waals surface area contributed by atoms with E-state index >= 15 is 0 Å². The van der Waals surface area contributed by atoms with E-state index in [1.165, 1.54) is 0 Å². The van der Waals surface area contributed by atoms with Gasteiger partial charge in [-0.25, -0.2) is 0 Å². The van der Waals surface area contributed by atoms with E-state index in [0.717, 1.165) is 26.6 Å². The van der Waals surface area contributed by atoms with Gasteiger partial charge in [-0.3, -0.25) is 5.10 Å². The third-order valence-corrected chi connectivity index (χ3v) is 3.81. The summed E-state index contributed by atoms with van der Waals surface area (Å²) in [6, 6.07) is 13.4. The van der Waals surface area contributed by atoms with Gasteiger partial charge in [-0.05, 0) is 30.3 Å². The molecule has 0 amide bonds. The summed E-state index contributed by atoms with van der Waals surface area (Å²) in [5.41, 5.74) is 3.31. The zero-order chi connectivity index (χ0) is 14.2. The van der Waals surface area contributed by atoms with Crippen LogP contribution in [0.3, 0.4) is 0 Å². The lowest BCUT2D eigenvalue weighted by Crippen LogP contribution is -1.82. The molecule has 2 aromatic heterocycles. The van der Waals surface area contributed by atoms with E-state index in [2.05, 4.69) is 41.5 Å². The molecule has 4 aromatic rings. The third-order valence-electron chi connectivity index (χ3n) is 3.11. The second-order valence-corrected chi connectivity index (χ2v) is 5.30. The Balaban J connectivity index is 1.78. The molecule has 0 fully saturated rings. The Bertz CT molecular complexity index is 930. The summed E-state index contributed by atoms with van der Waals surface area (Å²) < 4.78 is 6.27. The minimum Gasteiger partial charge on any atom is -0.334 e. The Morgan fingerprint density at radius 1 is 1.10 bits per heavy atom. The fourth-order valence-corrected chi connectivity index (χ4v) is 2.53. The summed E-state index contributed by atoms with van der Waals surface area (Å²) in [7, 11) is 0. The number of halogens is 1. The number of rotatable bonds is 2. The molecule has 2 heterocycles. The minimum atomic E-state index is 0.450. The summed E-state index contributed by atoms with van der Waals surface area (Å²) in [5, 5.41) is 14.6. The van der Waals surface area contributed by atoms with Gasteiger partial charge in [0.15, 0.2) is 0 Å². The first-order valence-corrected chi connectivity index (χ1v) is 7.00. The largest absolute Gasteiger partial charge is 0.334 e. The number of hydrogen-bond acceptors (Lipinski definition) is 5. The van der Waals surface area contributed by atoms with Crippen LogP contribution < -0.4 is 0 Å². The number of hydrogen-bond donors (Lipinski definition) is 1. The van der Waals surface area contributed by atoms with Crippen LogP contribution in [0.15, 0.2) is 51.5 Å². The Kier molecular flexibility index (Phi) is 2.78. The van der Waals surface area contributed by atoms with E-state index < -0.39 is 0 Å². The van der Waals surface area contributed by atoms with Crippen LogP contribution in [0, 0.1) is 0 Å². The second kappa shape index (κ2) is 4.78. The van der Waals surface area contributed by atoms with Gasteiger partial charge in [-0.15, -0.1) is 5.10 Å². The highest BCUT2D eigenvalue weighted by molar-refractivity contribution is 9.10. The predicted molar refractivity (Wildman–Crippen MR) is 80.3 cm³/mol. The first-order valence-electron chi connectivity index (χ1n) is 6.21. The molecule has 0 aliphatic carbocycles. The van der Waals surface area contributed by atoms with Gasteiger partial charge in [0.05, 0.1) is 5.52 Å². The molecule has 21 heavy (non-hydrogen) atoms. The molecule has 2 aromatic carbocycles. The van der Waals surface area contributed by atoms with Crippen molar-refractivity contribution < 1.29 is 4.52 Å². The molecule has 0 radical (unpaired) electrons. The molecule has 7 heteroatoms. The minimum absolute atomic E-state index is 0.450. The van der Waals surface area contributed by atoms with Crippen molar-refractivity contribution in [3.8, 4) is 22.8 Å². The average molecular weight is 342 g/mol.